The third-order valence-corrected chi connectivity index (χ3v) is 3.48. The zero-order valence-electron chi connectivity index (χ0n) is 10.9. The molecule has 0 aromatic heterocycles. The summed E-state index contributed by atoms with van der Waals surface area (Å²) in [4.78, 5) is 0. The smallest absolute Gasteiger partial charge is 0.0839 e. The molecule has 0 heterocycles. The first-order chi connectivity index (χ1) is 7.20. The predicted octanol–water partition coefficient (Wildman–Crippen LogP) is 3.72. The van der Waals surface area contributed by atoms with Gasteiger partial charge >= 0.3 is 0 Å². The Bertz CT molecular complexity index is 366. The van der Waals surface area contributed by atoms with E-state index in [1.165, 1.54) is 0 Å². The van der Waals surface area contributed by atoms with Gasteiger partial charge in [0.05, 0.1) is 13.7 Å². The van der Waals surface area contributed by atoms with Crippen LogP contribution in [0, 0.1) is 0 Å². The summed E-state index contributed by atoms with van der Waals surface area (Å²) in [5, 5.41) is 10.2. The summed E-state index contributed by atoms with van der Waals surface area (Å²) in [6, 6.07) is 10.1. The number of aliphatic hydroxyl groups is 1. The molecule has 0 unspecified atom stereocenters. The zero-order valence-corrected chi connectivity index (χ0v) is 11.9. The van der Waals surface area contributed by atoms with E-state index < -0.39 is 13.7 Å². The van der Waals surface area contributed by atoms with Crippen LogP contribution in [-0.4, -0.2) is 18.8 Å². The molecule has 0 amide bonds. The molecule has 0 spiro atoms. The van der Waals surface area contributed by atoms with Gasteiger partial charge in [-0.3, -0.25) is 0 Å². The van der Waals surface area contributed by atoms with Crippen LogP contribution in [0.2, 0.25) is 19.6 Å². The topological polar surface area (TPSA) is 20.2 Å². The highest BCUT2D eigenvalue weighted by Crippen LogP contribution is 2.28. The first kappa shape index (κ1) is 13.2. The lowest BCUT2D eigenvalue weighted by Gasteiger charge is -2.25. The summed E-state index contributed by atoms with van der Waals surface area (Å²) >= 11 is 0. The summed E-state index contributed by atoms with van der Waals surface area (Å²) in [7, 11) is -1.33. The van der Waals surface area contributed by atoms with E-state index in [4.69, 9.17) is 0 Å². The Kier molecular flexibility index (Phi) is 3.76. The summed E-state index contributed by atoms with van der Waals surface area (Å²) in [5.41, 5.74) is 3.67. The number of hydrogen-bond acceptors (Lipinski definition) is 1. The molecule has 1 aromatic carbocycles. The minimum Gasteiger partial charge on any atom is -0.386 e. The van der Waals surface area contributed by atoms with E-state index in [-0.39, 0.29) is 0 Å². The fourth-order valence-electron chi connectivity index (χ4n) is 1.66. The monoisotopic (exact) mass is 234 g/mol. The molecular weight excluding hydrogens is 212 g/mol. The van der Waals surface area contributed by atoms with Gasteiger partial charge in [-0.25, -0.2) is 0 Å². The first-order valence-corrected chi connectivity index (χ1v) is 9.29. The van der Waals surface area contributed by atoms with Gasteiger partial charge in [0, 0.05) is 0 Å². The van der Waals surface area contributed by atoms with Crippen LogP contribution in [-0.2, 0) is 0 Å². The van der Waals surface area contributed by atoms with Crippen molar-refractivity contribution in [2.45, 2.75) is 39.1 Å². The SMILES string of the molecule is CC(C)(O)/C(=C\[Si](C)(C)C)c1ccccc1. The highest BCUT2D eigenvalue weighted by molar-refractivity contribution is 6.81. The molecule has 1 N–H and O–H groups in total. The van der Waals surface area contributed by atoms with E-state index in [0.717, 1.165) is 11.1 Å². The Morgan fingerprint density at radius 2 is 1.62 bits per heavy atom. The molecule has 2 heteroatoms. The highest BCUT2D eigenvalue weighted by Gasteiger charge is 2.23. The quantitative estimate of drug-likeness (QED) is 0.790. The Hall–Kier alpha value is -0.863. The van der Waals surface area contributed by atoms with Crippen molar-refractivity contribution in [3.8, 4) is 0 Å². The molecule has 0 radical (unpaired) electrons. The van der Waals surface area contributed by atoms with Gasteiger partial charge in [0.1, 0.15) is 0 Å². The minimum atomic E-state index is -1.33. The van der Waals surface area contributed by atoms with Gasteiger partial charge in [0.25, 0.3) is 0 Å². The van der Waals surface area contributed by atoms with Crippen LogP contribution < -0.4 is 0 Å². The third-order valence-electron chi connectivity index (χ3n) is 2.32. The fraction of sp³-hybridized carbons (Fsp3) is 0.429. The zero-order chi connectivity index (χ0) is 12.4. The molecule has 0 bridgehead atoms. The second-order valence-electron chi connectivity index (χ2n) is 5.85. The molecule has 16 heavy (non-hydrogen) atoms. The maximum atomic E-state index is 10.2. The highest BCUT2D eigenvalue weighted by atomic mass is 28.3. The van der Waals surface area contributed by atoms with Crippen LogP contribution in [0.3, 0.4) is 0 Å². The molecule has 0 saturated carbocycles. The van der Waals surface area contributed by atoms with Crippen LogP contribution in [0.25, 0.3) is 5.57 Å². The molecule has 1 rings (SSSR count). The summed E-state index contributed by atoms with van der Waals surface area (Å²) in [6.07, 6.45) is 0. The van der Waals surface area contributed by atoms with Gasteiger partial charge in [0.2, 0.25) is 0 Å². The first-order valence-electron chi connectivity index (χ1n) is 5.71. The maximum absolute atomic E-state index is 10.2. The van der Waals surface area contributed by atoms with Crippen molar-refractivity contribution < 1.29 is 5.11 Å². The van der Waals surface area contributed by atoms with Gasteiger partial charge < -0.3 is 5.11 Å². The van der Waals surface area contributed by atoms with Crippen LogP contribution in [0.15, 0.2) is 36.0 Å². The van der Waals surface area contributed by atoms with Gasteiger partial charge in [0.15, 0.2) is 0 Å². The Morgan fingerprint density at radius 1 is 1.12 bits per heavy atom. The third kappa shape index (κ3) is 3.95. The van der Waals surface area contributed by atoms with Crippen molar-refractivity contribution in [3.05, 3.63) is 41.6 Å². The molecule has 1 nitrogen and oxygen atoms in total. The van der Waals surface area contributed by atoms with E-state index in [0.29, 0.717) is 0 Å². The molecule has 0 aliphatic carbocycles. The molecule has 0 saturated heterocycles. The Morgan fingerprint density at radius 3 is 2.00 bits per heavy atom. The van der Waals surface area contributed by atoms with Crippen LogP contribution in [0.4, 0.5) is 0 Å². The van der Waals surface area contributed by atoms with E-state index in [2.05, 4.69) is 37.5 Å². The van der Waals surface area contributed by atoms with Crippen LogP contribution in [0.1, 0.15) is 19.4 Å². The second kappa shape index (κ2) is 4.56. The Balaban J connectivity index is 3.24. The lowest BCUT2D eigenvalue weighted by Crippen LogP contribution is -2.26. The normalized spacial score (nSPS) is 14.0. The van der Waals surface area contributed by atoms with Crippen molar-refractivity contribution in [1.29, 1.82) is 0 Å². The van der Waals surface area contributed by atoms with Crippen molar-refractivity contribution in [2.24, 2.45) is 0 Å². The van der Waals surface area contributed by atoms with Crippen molar-refractivity contribution in [1.82, 2.24) is 0 Å². The second-order valence-corrected chi connectivity index (χ2v) is 10.9. The average Bonchev–Trinajstić information content (AvgIpc) is 2.13. The molecule has 0 aliphatic rings. The van der Waals surface area contributed by atoms with E-state index in [9.17, 15) is 5.11 Å². The average molecular weight is 234 g/mol. The molecule has 88 valence electrons. The number of rotatable bonds is 3. The summed E-state index contributed by atoms with van der Waals surface area (Å²) < 4.78 is 0. The largest absolute Gasteiger partial charge is 0.386 e. The molecular formula is C14H22OSi. The van der Waals surface area contributed by atoms with Gasteiger partial charge in [-0.05, 0) is 25.0 Å². The van der Waals surface area contributed by atoms with Gasteiger partial charge in [-0.15, -0.1) is 0 Å². The van der Waals surface area contributed by atoms with E-state index in [1.807, 2.05) is 32.0 Å². The van der Waals surface area contributed by atoms with Crippen LogP contribution >= 0.6 is 0 Å². The summed E-state index contributed by atoms with van der Waals surface area (Å²) in [5.74, 6) is 0. The summed E-state index contributed by atoms with van der Waals surface area (Å²) in [6.45, 7) is 10.5. The van der Waals surface area contributed by atoms with Gasteiger partial charge in [-0.1, -0.05) is 55.7 Å². The number of hydrogen-bond donors (Lipinski definition) is 1. The predicted molar refractivity (Wildman–Crippen MR) is 74.1 cm³/mol. The lowest BCUT2D eigenvalue weighted by molar-refractivity contribution is 0.144. The fourth-order valence-corrected chi connectivity index (χ4v) is 3.05. The molecule has 0 fully saturated rings. The van der Waals surface area contributed by atoms with Crippen LogP contribution in [0.5, 0.6) is 0 Å². The minimum absolute atomic E-state index is 0.776. The molecule has 0 atom stereocenters. The van der Waals surface area contributed by atoms with Crippen molar-refractivity contribution >= 4 is 13.6 Å². The van der Waals surface area contributed by atoms with Crippen molar-refractivity contribution in [3.63, 3.8) is 0 Å². The molecule has 0 aliphatic heterocycles. The van der Waals surface area contributed by atoms with Gasteiger partial charge in [-0.2, -0.15) is 0 Å². The standard InChI is InChI=1S/C14H22OSi/c1-14(2,15)13(11-16(3,4)5)12-9-7-6-8-10-12/h6-11,15H,1-5H3/b13-11-. The molecule has 1 aromatic rings. The number of benzene rings is 1. The lowest BCUT2D eigenvalue weighted by atomic mass is 9.93. The van der Waals surface area contributed by atoms with E-state index in [1.54, 1.807) is 0 Å². The Labute approximate surface area is 99.8 Å². The maximum Gasteiger partial charge on any atom is 0.0839 e. The van der Waals surface area contributed by atoms with Crippen molar-refractivity contribution in [2.75, 3.05) is 0 Å². The van der Waals surface area contributed by atoms with E-state index >= 15 is 0 Å².